The van der Waals surface area contributed by atoms with Gasteiger partial charge in [0.2, 0.25) is 0 Å². The van der Waals surface area contributed by atoms with E-state index in [4.69, 9.17) is 4.74 Å². The van der Waals surface area contributed by atoms with Gasteiger partial charge in [-0.3, -0.25) is 0 Å². The van der Waals surface area contributed by atoms with Gasteiger partial charge < -0.3 is 10.1 Å². The van der Waals surface area contributed by atoms with Gasteiger partial charge in [0, 0.05) is 25.8 Å². The average Bonchev–Trinajstić information content (AvgIpc) is 2.28. The fourth-order valence-corrected chi connectivity index (χ4v) is 2.56. The maximum atomic E-state index is 5.52. The minimum atomic E-state index is 0.498. The summed E-state index contributed by atoms with van der Waals surface area (Å²) in [5.41, 5.74) is 0.498. The molecule has 16 heavy (non-hydrogen) atoms. The van der Waals surface area contributed by atoms with Crippen molar-refractivity contribution < 1.29 is 4.74 Å². The Morgan fingerprint density at radius 1 is 1.19 bits per heavy atom. The summed E-state index contributed by atoms with van der Waals surface area (Å²) in [5.74, 6) is 0.840. The molecule has 1 aliphatic rings. The molecule has 0 radical (unpaired) electrons. The molecule has 2 heteroatoms. The van der Waals surface area contributed by atoms with Crippen molar-refractivity contribution in [2.75, 3.05) is 19.8 Å². The van der Waals surface area contributed by atoms with Gasteiger partial charge in [0.15, 0.2) is 0 Å². The Morgan fingerprint density at radius 3 is 2.31 bits per heavy atom. The summed E-state index contributed by atoms with van der Waals surface area (Å²) in [6.07, 6.45) is 5.12. The van der Waals surface area contributed by atoms with Crippen molar-refractivity contribution in [2.45, 2.75) is 59.4 Å². The minimum absolute atomic E-state index is 0.498. The first-order valence-electron chi connectivity index (χ1n) is 6.89. The van der Waals surface area contributed by atoms with Gasteiger partial charge in [-0.1, -0.05) is 34.1 Å². The van der Waals surface area contributed by atoms with Gasteiger partial charge in [-0.15, -0.1) is 0 Å². The number of hydrogen-bond acceptors (Lipinski definition) is 2. The molecule has 0 aromatic rings. The normalized spacial score (nSPS) is 22.3. The summed E-state index contributed by atoms with van der Waals surface area (Å²) < 4.78 is 5.52. The molecule has 1 heterocycles. The second-order valence-electron chi connectivity index (χ2n) is 5.87. The number of nitrogens with one attached hydrogen (secondary N) is 1. The van der Waals surface area contributed by atoms with Crippen LogP contribution in [0.3, 0.4) is 0 Å². The van der Waals surface area contributed by atoms with Gasteiger partial charge in [-0.25, -0.2) is 0 Å². The van der Waals surface area contributed by atoms with Gasteiger partial charge in [0.25, 0.3) is 0 Å². The summed E-state index contributed by atoms with van der Waals surface area (Å²) in [7, 11) is 0. The Morgan fingerprint density at radius 2 is 1.81 bits per heavy atom. The van der Waals surface area contributed by atoms with Crippen molar-refractivity contribution in [3.63, 3.8) is 0 Å². The predicted octanol–water partition coefficient (Wildman–Crippen LogP) is 3.22. The molecule has 0 aromatic carbocycles. The van der Waals surface area contributed by atoms with Crippen molar-refractivity contribution in [2.24, 2.45) is 11.3 Å². The first kappa shape index (κ1) is 14.0. The molecule has 0 aliphatic carbocycles. The monoisotopic (exact) mass is 227 g/mol. The summed E-state index contributed by atoms with van der Waals surface area (Å²) in [6, 6.07) is 0.594. The van der Waals surface area contributed by atoms with Crippen LogP contribution in [0.5, 0.6) is 0 Å². The van der Waals surface area contributed by atoms with E-state index >= 15 is 0 Å². The largest absolute Gasteiger partial charge is 0.381 e. The van der Waals surface area contributed by atoms with Crippen molar-refractivity contribution in [1.82, 2.24) is 5.32 Å². The molecule has 0 saturated carbocycles. The molecule has 0 aromatic heterocycles. The highest BCUT2D eigenvalue weighted by Crippen LogP contribution is 2.37. The number of hydrogen-bond donors (Lipinski definition) is 1. The molecule has 0 amide bonds. The van der Waals surface area contributed by atoms with Gasteiger partial charge in [0.1, 0.15) is 0 Å². The Balaban J connectivity index is 2.52. The fourth-order valence-electron chi connectivity index (χ4n) is 2.56. The number of rotatable bonds is 6. The van der Waals surface area contributed by atoms with Crippen LogP contribution in [-0.4, -0.2) is 25.8 Å². The third kappa shape index (κ3) is 4.42. The van der Waals surface area contributed by atoms with E-state index in [1.165, 1.54) is 32.2 Å². The Hall–Kier alpha value is -0.0800. The van der Waals surface area contributed by atoms with E-state index in [1.54, 1.807) is 0 Å². The first-order valence-corrected chi connectivity index (χ1v) is 6.89. The predicted molar refractivity (Wildman–Crippen MR) is 69.7 cm³/mol. The highest BCUT2D eigenvalue weighted by atomic mass is 16.5. The smallest absolute Gasteiger partial charge is 0.0471 e. The summed E-state index contributed by atoms with van der Waals surface area (Å²) in [5, 5.41) is 3.63. The molecule has 1 aliphatic heterocycles. The maximum Gasteiger partial charge on any atom is 0.0471 e. The second-order valence-corrected chi connectivity index (χ2v) is 5.87. The molecular weight excluding hydrogens is 198 g/mol. The lowest BCUT2D eigenvalue weighted by Crippen LogP contribution is -2.42. The molecule has 1 saturated heterocycles. The van der Waals surface area contributed by atoms with E-state index in [-0.39, 0.29) is 0 Å². The molecule has 1 N–H and O–H groups in total. The number of ether oxygens (including phenoxy) is 1. The van der Waals surface area contributed by atoms with E-state index in [1.807, 2.05) is 0 Å². The van der Waals surface area contributed by atoms with E-state index in [0.29, 0.717) is 11.5 Å². The Kier molecular flexibility index (Phi) is 5.77. The lowest BCUT2D eigenvalue weighted by molar-refractivity contribution is 0.00211. The highest BCUT2D eigenvalue weighted by Gasteiger charge is 2.33. The molecule has 1 unspecified atom stereocenters. The van der Waals surface area contributed by atoms with E-state index in [2.05, 4.69) is 33.0 Å². The zero-order chi connectivity index (χ0) is 12.0. The zero-order valence-corrected chi connectivity index (χ0v) is 11.5. The van der Waals surface area contributed by atoms with Crippen LogP contribution in [0.4, 0.5) is 0 Å². The van der Waals surface area contributed by atoms with E-state index in [9.17, 15) is 0 Å². The van der Waals surface area contributed by atoms with Gasteiger partial charge in [-0.05, 0) is 30.6 Å². The molecule has 1 rings (SSSR count). The lowest BCUT2D eigenvalue weighted by Gasteiger charge is -2.40. The summed E-state index contributed by atoms with van der Waals surface area (Å²) in [4.78, 5) is 0. The molecule has 96 valence electrons. The van der Waals surface area contributed by atoms with Gasteiger partial charge in [-0.2, -0.15) is 0 Å². The standard InChI is InChI=1S/C14H29NO/c1-5-13(4)10-14(11-15-12(2)3)6-8-16-9-7-14/h12-13,15H,5-11H2,1-4H3. The third-order valence-electron chi connectivity index (χ3n) is 3.92. The highest BCUT2D eigenvalue weighted by molar-refractivity contribution is 4.86. The average molecular weight is 227 g/mol. The van der Waals surface area contributed by atoms with Crippen LogP contribution >= 0.6 is 0 Å². The van der Waals surface area contributed by atoms with Crippen LogP contribution in [0.25, 0.3) is 0 Å². The molecule has 2 nitrogen and oxygen atoms in total. The quantitative estimate of drug-likeness (QED) is 0.752. The van der Waals surface area contributed by atoms with Crippen LogP contribution < -0.4 is 5.32 Å². The van der Waals surface area contributed by atoms with Crippen molar-refractivity contribution in [3.8, 4) is 0 Å². The second kappa shape index (κ2) is 6.61. The van der Waals surface area contributed by atoms with Crippen LogP contribution in [0, 0.1) is 11.3 Å². The molecule has 0 spiro atoms. The van der Waals surface area contributed by atoms with Crippen LogP contribution in [0.15, 0.2) is 0 Å². The Bertz CT molecular complexity index is 185. The molecule has 0 bridgehead atoms. The van der Waals surface area contributed by atoms with Gasteiger partial charge in [0.05, 0.1) is 0 Å². The van der Waals surface area contributed by atoms with Crippen molar-refractivity contribution >= 4 is 0 Å². The topological polar surface area (TPSA) is 21.3 Å². The minimum Gasteiger partial charge on any atom is -0.381 e. The van der Waals surface area contributed by atoms with Crippen LogP contribution in [0.2, 0.25) is 0 Å². The third-order valence-corrected chi connectivity index (χ3v) is 3.92. The zero-order valence-electron chi connectivity index (χ0n) is 11.5. The maximum absolute atomic E-state index is 5.52. The SMILES string of the molecule is CCC(C)CC1(CNC(C)C)CCOCC1. The Labute approximate surface area is 101 Å². The molecular formula is C14H29NO. The van der Waals surface area contributed by atoms with Crippen LogP contribution in [-0.2, 0) is 4.74 Å². The first-order chi connectivity index (χ1) is 7.58. The van der Waals surface area contributed by atoms with Crippen LogP contribution in [0.1, 0.15) is 53.4 Å². The van der Waals surface area contributed by atoms with E-state index in [0.717, 1.165) is 19.1 Å². The fraction of sp³-hybridized carbons (Fsp3) is 1.00. The summed E-state index contributed by atoms with van der Waals surface area (Å²) in [6.45, 7) is 12.2. The van der Waals surface area contributed by atoms with Gasteiger partial charge >= 0.3 is 0 Å². The lowest BCUT2D eigenvalue weighted by atomic mass is 9.73. The van der Waals surface area contributed by atoms with E-state index < -0.39 is 0 Å². The summed E-state index contributed by atoms with van der Waals surface area (Å²) >= 11 is 0. The molecule has 1 fully saturated rings. The van der Waals surface area contributed by atoms with Crippen molar-refractivity contribution in [3.05, 3.63) is 0 Å². The van der Waals surface area contributed by atoms with Crippen molar-refractivity contribution in [1.29, 1.82) is 0 Å². The molecule has 1 atom stereocenters.